The van der Waals surface area contributed by atoms with Crippen molar-refractivity contribution in [2.75, 3.05) is 51.3 Å². The number of carbonyl (C=O) groups is 3. The molecule has 0 unspecified atom stereocenters. The highest BCUT2D eigenvalue weighted by Gasteiger charge is 2.22. The number of anilines is 1. The zero-order chi connectivity index (χ0) is 19.6. The van der Waals surface area contributed by atoms with Gasteiger partial charge in [0.1, 0.15) is 0 Å². The van der Waals surface area contributed by atoms with E-state index in [2.05, 4.69) is 10.2 Å². The average Bonchev–Trinajstić information content (AvgIpc) is 2.67. The Bertz CT molecular complexity index is 639. The molecule has 0 atom stereocenters. The quantitative estimate of drug-likeness (QED) is 0.735. The van der Waals surface area contributed by atoms with Crippen molar-refractivity contribution >= 4 is 23.7 Å². The fourth-order valence-corrected chi connectivity index (χ4v) is 2.80. The van der Waals surface area contributed by atoms with Crippen molar-refractivity contribution in [3.05, 3.63) is 29.8 Å². The maximum absolute atomic E-state index is 12.4. The minimum atomic E-state index is -0.515. The molecule has 8 nitrogen and oxygen atoms in total. The number of Topliss-reactive ketones (excluding diaryl/α,β-unsaturated/α-hetero) is 1. The van der Waals surface area contributed by atoms with E-state index in [9.17, 15) is 14.4 Å². The van der Waals surface area contributed by atoms with E-state index in [1.165, 1.54) is 0 Å². The summed E-state index contributed by atoms with van der Waals surface area (Å²) in [6.07, 6.45) is -0.382. The molecule has 1 N–H and O–H groups in total. The van der Waals surface area contributed by atoms with Crippen molar-refractivity contribution in [3.8, 4) is 0 Å². The van der Waals surface area contributed by atoms with E-state index in [4.69, 9.17) is 9.47 Å². The summed E-state index contributed by atoms with van der Waals surface area (Å²) >= 11 is 0. The Hall–Kier alpha value is -2.61. The van der Waals surface area contributed by atoms with Crippen LogP contribution in [0.25, 0.3) is 0 Å². The zero-order valence-electron chi connectivity index (χ0n) is 15.9. The molecule has 1 fully saturated rings. The molecule has 0 bridgehead atoms. The lowest BCUT2D eigenvalue weighted by atomic mass is 10.1. The van der Waals surface area contributed by atoms with Crippen molar-refractivity contribution in [1.82, 2.24) is 9.80 Å². The number of ether oxygens (including phenoxy) is 2. The van der Waals surface area contributed by atoms with E-state index in [0.717, 1.165) is 13.1 Å². The van der Waals surface area contributed by atoms with Crippen molar-refractivity contribution in [2.24, 2.45) is 0 Å². The SMILES string of the molecule is CCOC(=O)Nc1ccc(C(=O)CCN2CCN(C(=O)OCC)CC2)cc1. The minimum Gasteiger partial charge on any atom is -0.450 e. The van der Waals surface area contributed by atoms with Crippen LogP contribution < -0.4 is 5.32 Å². The molecule has 1 heterocycles. The van der Waals surface area contributed by atoms with Crippen LogP contribution in [0.2, 0.25) is 0 Å². The van der Waals surface area contributed by atoms with Crippen LogP contribution in [0.5, 0.6) is 0 Å². The average molecular weight is 377 g/mol. The molecular weight excluding hydrogens is 350 g/mol. The van der Waals surface area contributed by atoms with Crippen LogP contribution in [-0.2, 0) is 9.47 Å². The van der Waals surface area contributed by atoms with Crippen molar-refractivity contribution < 1.29 is 23.9 Å². The van der Waals surface area contributed by atoms with Crippen LogP contribution in [0.1, 0.15) is 30.6 Å². The number of amides is 2. The largest absolute Gasteiger partial charge is 0.450 e. The smallest absolute Gasteiger partial charge is 0.411 e. The maximum atomic E-state index is 12.4. The topological polar surface area (TPSA) is 88.2 Å². The molecule has 1 aliphatic heterocycles. The van der Waals surface area contributed by atoms with Gasteiger partial charge in [-0.3, -0.25) is 15.0 Å². The van der Waals surface area contributed by atoms with Gasteiger partial charge in [0.2, 0.25) is 0 Å². The maximum Gasteiger partial charge on any atom is 0.411 e. The molecule has 148 valence electrons. The summed E-state index contributed by atoms with van der Waals surface area (Å²) in [7, 11) is 0. The number of ketones is 1. The number of benzene rings is 1. The molecule has 1 saturated heterocycles. The van der Waals surface area contributed by atoms with Gasteiger partial charge in [0, 0.05) is 50.4 Å². The third kappa shape index (κ3) is 6.56. The van der Waals surface area contributed by atoms with E-state index in [1.54, 1.807) is 43.0 Å². The number of nitrogens with zero attached hydrogens (tertiary/aromatic N) is 2. The third-order valence-electron chi connectivity index (χ3n) is 4.28. The minimum absolute atomic E-state index is 0.0468. The molecule has 0 saturated carbocycles. The van der Waals surface area contributed by atoms with Gasteiger partial charge >= 0.3 is 12.2 Å². The summed E-state index contributed by atoms with van der Waals surface area (Å²) < 4.78 is 9.81. The predicted octanol–water partition coefficient (Wildman–Crippen LogP) is 2.60. The standard InChI is InChI=1S/C19H27N3O5/c1-3-26-18(24)20-16-7-5-15(6-8-16)17(23)9-10-21-11-13-22(14-12-21)19(25)27-4-2/h5-8H,3-4,9-14H2,1-2H3,(H,20,24). The molecule has 8 heteroatoms. The first-order chi connectivity index (χ1) is 13.0. The second kappa shape index (κ2) is 10.5. The molecule has 0 aliphatic carbocycles. The first-order valence-electron chi connectivity index (χ1n) is 9.24. The first kappa shape index (κ1) is 20.7. The summed E-state index contributed by atoms with van der Waals surface area (Å²) in [5.74, 6) is 0.0468. The number of hydrogen-bond donors (Lipinski definition) is 1. The van der Waals surface area contributed by atoms with Crippen molar-refractivity contribution in [1.29, 1.82) is 0 Å². The Kier molecular flexibility index (Phi) is 8.06. The van der Waals surface area contributed by atoms with Gasteiger partial charge in [-0.15, -0.1) is 0 Å². The fraction of sp³-hybridized carbons (Fsp3) is 0.526. The van der Waals surface area contributed by atoms with Gasteiger partial charge in [-0.05, 0) is 38.1 Å². The lowest BCUT2D eigenvalue weighted by Crippen LogP contribution is -2.49. The van der Waals surface area contributed by atoms with Crippen molar-refractivity contribution in [2.45, 2.75) is 20.3 Å². The highest BCUT2D eigenvalue weighted by molar-refractivity contribution is 5.96. The van der Waals surface area contributed by atoms with Crippen LogP contribution in [0.15, 0.2) is 24.3 Å². The molecule has 0 aromatic heterocycles. The summed E-state index contributed by atoms with van der Waals surface area (Å²) in [6, 6.07) is 6.76. The van der Waals surface area contributed by atoms with Crippen LogP contribution in [0, 0.1) is 0 Å². The van der Waals surface area contributed by atoms with Gasteiger partial charge in [-0.1, -0.05) is 0 Å². The highest BCUT2D eigenvalue weighted by Crippen LogP contribution is 2.12. The van der Waals surface area contributed by atoms with Gasteiger partial charge in [-0.2, -0.15) is 0 Å². The number of hydrogen-bond acceptors (Lipinski definition) is 6. The van der Waals surface area contributed by atoms with Gasteiger partial charge in [-0.25, -0.2) is 9.59 Å². The van der Waals surface area contributed by atoms with E-state index >= 15 is 0 Å². The van der Waals surface area contributed by atoms with Crippen LogP contribution in [0.4, 0.5) is 15.3 Å². The Labute approximate surface area is 159 Å². The summed E-state index contributed by atoms with van der Waals surface area (Å²) in [5.41, 5.74) is 1.19. The normalized spacial score (nSPS) is 14.5. The Morgan fingerprint density at radius 1 is 0.963 bits per heavy atom. The first-order valence-corrected chi connectivity index (χ1v) is 9.24. The van der Waals surface area contributed by atoms with Gasteiger partial charge in [0.25, 0.3) is 0 Å². The number of nitrogens with one attached hydrogen (secondary N) is 1. The third-order valence-corrected chi connectivity index (χ3v) is 4.28. The summed E-state index contributed by atoms with van der Waals surface area (Å²) in [5, 5.41) is 2.59. The van der Waals surface area contributed by atoms with E-state index in [0.29, 0.717) is 50.5 Å². The molecule has 2 amide bonds. The predicted molar refractivity (Wildman–Crippen MR) is 101 cm³/mol. The second-order valence-electron chi connectivity index (χ2n) is 6.12. The number of piperazine rings is 1. The molecule has 27 heavy (non-hydrogen) atoms. The Balaban J connectivity index is 1.74. The lowest BCUT2D eigenvalue weighted by molar-refractivity contribution is 0.0764. The number of carbonyl (C=O) groups excluding carboxylic acids is 3. The van der Waals surface area contributed by atoms with Crippen LogP contribution >= 0.6 is 0 Å². The van der Waals surface area contributed by atoms with E-state index in [1.807, 2.05) is 0 Å². The highest BCUT2D eigenvalue weighted by atomic mass is 16.6. The monoisotopic (exact) mass is 377 g/mol. The molecule has 1 aliphatic rings. The molecule has 2 rings (SSSR count). The van der Waals surface area contributed by atoms with Gasteiger partial charge < -0.3 is 14.4 Å². The lowest BCUT2D eigenvalue weighted by Gasteiger charge is -2.33. The van der Waals surface area contributed by atoms with Gasteiger partial charge in [0.05, 0.1) is 13.2 Å². The zero-order valence-corrected chi connectivity index (χ0v) is 15.9. The summed E-state index contributed by atoms with van der Waals surface area (Å²) in [4.78, 5) is 39.3. The summed E-state index contributed by atoms with van der Waals surface area (Å²) in [6.45, 7) is 7.54. The van der Waals surface area contributed by atoms with Crippen molar-refractivity contribution in [3.63, 3.8) is 0 Å². The second-order valence-corrected chi connectivity index (χ2v) is 6.12. The fourth-order valence-electron chi connectivity index (χ4n) is 2.80. The molecule has 0 radical (unpaired) electrons. The number of rotatable bonds is 7. The molecular formula is C19H27N3O5. The molecule has 0 spiro atoms. The molecule has 1 aromatic carbocycles. The van der Waals surface area contributed by atoms with Crippen LogP contribution in [-0.4, -0.2) is 73.7 Å². The van der Waals surface area contributed by atoms with E-state index in [-0.39, 0.29) is 11.9 Å². The Morgan fingerprint density at radius 3 is 2.19 bits per heavy atom. The van der Waals surface area contributed by atoms with Gasteiger partial charge in [0.15, 0.2) is 5.78 Å². The van der Waals surface area contributed by atoms with Crippen LogP contribution in [0.3, 0.4) is 0 Å². The Morgan fingerprint density at radius 2 is 1.59 bits per heavy atom. The molecule has 1 aromatic rings. The van der Waals surface area contributed by atoms with E-state index < -0.39 is 6.09 Å².